The number of fused-ring (bicyclic) bond motifs is 1. The number of aryl methyl sites for hydroxylation is 2. The third-order valence-corrected chi connectivity index (χ3v) is 5.10. The maximum absolute atomic E-state index is 12.4. The van der Waals surface area contributed by atoms with Crippen LogP contribution in [0.3, 0.4) is 0 Å². The van der Waals surface area contributed by atoms with Crippen molar-refractivity contribution in [3.8, 4) is 11.5 Å². The van der Waals surface area contributed by atoms with E-state index in [0.29, 0.717) is 36.9 Å². The largest absolute Gasteiger partial charge is 0.486 e. The van der Waals surface area contributed by atoms with Crippen LogP contribution in [0.25, 0.3) is 6.08 Å². The lowest BCUT2D eigenvalue weighted by atomic mass is 10.1. The number of anilines is 1. The fraction of sp³-hybridized carbons (Fsp3) is 0.250. The van der Waals surface area contributed by atoms with Gasteiger partial charge in [0.05, 0.1) is 12.2 Å². The Morgan fingerprint density at radius 3 is 2.57 bits per heavy atom. The van der Waals surface area contributed by atoms with Gasteiger partial charge in [-0.1, -0.05) is 29.8 Å². The van der Waals surface area contributed by atoms with Crippen molar-refractivity contribution >= 4 is 17.7 Å². The first-order valence-corrected chi connectivity index (χ1v) is 9.98. The van der Waals surface area contributed by atoms with Crippen molar-refractivity contribution in [1.29, 1.82) is 0 Å². The van der Waals surface area contributed by atoms with Crippen LogP contribution in [0.4, 0.5) is 5.69 Å². The van der Waals surface area contributed by atoms with Gasteiger partial charge in [0.25, 0.3) is 0 Å². The Morgan fingerprint density at radius 2 is 1.80 bits per heavy atom. The molecule has 0 radical (unpaired) electrons. The van der Waals surface area contributed by atoms with Crippen LogP contribution >= 0.6 is 0 Å². The van der Waals surface area contributed by atoms with Gasteiger partial charge in [-0.2, -0.15) is 5.10 Å². The van der Waals surface area contributed by atoms with Gasteiger partial charge in [0.15, 0.2) is 11.5 Å². The summed E-state index contributed by atoms with van der Waals surface area (Å²) in [4.78, 5) is 12.4. The summed E-state index contributed by atoms with van der Waals surface area (Å²) in [5, 5.41) is 7.51. The van der Waals surface area contributed by atoms with E-state index >= 15 is 0 Å². The summed E-state index contributed by atoms with van der Waals surface area (Å²) in [6.07, 6.45) is 3.35. The van der Waals surface area contributed by atoms with Crippen LogP contribution in [-0.2, 0) is 11.3 Å². The SMILES string of the molecule is Cc1ccc(Cn2nc(C)c(/C=C/C(=O)Nc3ccc4c(c3)OCCO4)c2C)cc1. The normalized spacial score (nSPS) is 12.9. The number of hydrogen-bond acceptors (Lipinski definition) is 4. The van der Waals surface area contributed by atoms with Gasteiger partial charge in [0.2, 0.25) is 5.91 Å². The molecule has 1 amide bonds. The summed E-state index contributed by atoms with van der Waals surface area (Å²) in [5.41, 5.74) is 5.97. The number of nitrogens with zero attached hydrogens (tertiary/aromatic N) is 2. The summed E-state index contributed by atoms with van der Waals surface area (Å²) >= 11 is 0. The number of amides is 1. The lowest BCUT2D eigenvalue weighted by molar-refractivity contribution is -0.111. The van der Waals surface area contributed by atoms with E-state index in [2.05, 4.69) is 41.6 Å². The summed E-state index contributed by atoms with van der Waals surface area (Å²) in [5.74, 6) is 1.13. The van der Waals surface area contributed by atoms with Crippen molar-refractivity contribution in [2.45, 2.75) is 27.3 Å². The zero-order valence-electron chi connectivity index (χ0n) is 17.4. The highest BCUT2D eigenvalue weighted by Crippen LogP contribution is 2.32. The minimum Gasteiger partial charge on any atom is -0.486 e. The zero-order chi connectivity index (χ0) is 21.1. The van der Waals surface area contributed by atoms with Crippen molar-refractivity contribution < 1.29 is 14.3 Å². The van der Waals surface area contributed by atoms with Crippen molar-refractivity contribution in [3.63, 3.8) is 0 Å². The van der Waals surface area contributed by atoms with Crippen molar-refractivity contribution in [3.05, 3.63) is 76.6 Å². The number of benzene rings is 2. The molecule has 3 aromatic rings. The molecule has 6 heteroatoms. The topological polar surface area (TPSA) is 65.4 Å². The molecular weight excluding hydrogens is 378 g/mol. The maximum Gasteiger partial charge on any atom is 0.248 e. The number of nitrogens with one attached hydrogen (secondary N) is 1. The monoisotopic (exact) mass is 403 g/mol. The van der Waals surface area contributed by atoms with Crippen LogP contribution in [0.5, 0.6) is 11.5 Å². The van der Waals surface area contributed by atoms with Crippen LogP contribution in [0.15, 0.2) is 48.5 Å². The molecule has 0 aliphatic carbocycles. The van der Waals surface area contributed by atoms with Gasteiger partial charge in [-0.15, -0.1) is 0 Å². The van der Waals surface area contributed by atoms with E-state index in [4.69, 9.17) is 9.47 Å². The van der Waals surface area contributed by atoms with Crippen LogP contribution in [-0.4, -0.2) is 28.9 Å². The summed E-state index contributed by atoms with van der Waals surface area (Å²) < 4.78 is 13.0. The molecule has 1 N–H and O–H groups in total. The second kappa shape index (κ2) is 8.45. The van der Waals surface area contributed by atoms with Gasteiger partial charge in [-0.25, -0.2) is 0 Å². The number of ether oxygens (including phenoxy) is 2. The number of carbonyl (C=O) groups is 1. The van der Waals surface area contributed by atoms with E-state index in [9.17, 15) is 4.79 Å². The molecule has 2 aromatic carbocycles. The Kier molecular flexibility index (Phi) is 5.57. The predicted octanol–water partition coefficient (Wildman–Crippen LogP) is 4.28. The van der Waals surface area contributed by atoms with Gasteiger partial charge in [0.1, 0.15) is 13.2 Å². The molecule has 0 unspecified atom stereocenters. The van der Waals surface area contributed by atoms with E-state index in [1.54, 1.807) is 18.2 Å². The third-order valence-electron chi connectivity index (χ3n) is 5.10. The fourth-order valence-corrected chi connectivity index (χ4v) is 3.44. The summed E-state index contributed by atoms with van der Waals surface area (Å²) in [6.45, 7) is 7.80. The standard InChI is InChI=1S/C24H25N3O3/c1-16-4-6-19(7-5-16)15-27-18(3)21(17(2)26-27)9-11-24(28)25-20-8-10-22-23(14-20)30-13-12-29-22/h4-11,14H,12-13,15H2,1-3H3,(H,25,28)/b11-9+. The van der Waals surface area contributed by atoms with Crippen molar-refractivity contribution in [2.24, 2.45) is 0 Å². The highest BCUT2D eigenvalue weighted by Gasteiger charge is 2.13. The molecular formula is C24H25N3O3. The molecule has 0 spiro atoms. The lowest BCUT2D eigenvalue weighted by Crippen LogP contribution is -2.16. The molecule has 2 heterocycles. The second-order valence-corrected chi connectivity index (χ2v) is 7.41. The Bertz CT molecular complexity index is 1100. The fourth-order valence-electron chi connectivity index (χ4n) is 3.44. The highest BCUT2D eigenvalue weighted by molar-refractivity contribution is 6.02. The van der Waals surface area contributed by atoms with Crippen LogP contribution in [0.1, 0.15) is 28.1 Å². The Morgan fingerprint density at radius 1 is 1.07 bits per heavy atom. The number of carbonyl (C=O) groups excluding carboxylic acids is 1. The molecule has 1 aromatic heterocycles. The van der Waals surface area contributed by atoms with Crippen molar-refractivity contribution in [2.75, 3.05) is 18.5 Å². The molecule has 6 nitrogen and oxygen atoms in total. The minimum atomic E-state index is -0.211. The van der Waals surface area contributed by atoms with Gasteiger partial charge in [0, 0.05) is 29.1 Å². The Labute approximate surface area is 176 Å². The second-order valence-electron chi connectivity index (χ2n) is 7.41. The molecule has 0 atom stereocenters. The number of rotatable bonds is 5. The molecule has 4 rings (SSSR count). The van der Waals surface area contributed by atoms with E-state index in [1.165, 1.54) is 17.2 Å². The first-order valence-electron chi connectivity index (χ1n) is 9.98. The average molecular weight is 403 g/mol. The maximum atomic E-state index is 12.4. The summed E-state index contributed by atoms with van der Waals surface area (Å²) in [7, 11) is 0. The average Bonchev–Trinajstić information content (AvgIpc) is 3.00. The molecule has 1 aliphatic rings. The van der Waals surface area contributed by atoms with Gasteiger partial charge in [-0.3, -0.25) is 9.48 Å². The lowest BCUT2D eigenvalue weighted by Gasteiger charge is -2.18. The minimum absolute atomic E-state index is 0.211. The molecule has 0 saturated carbocycles. The first-order chi connectivity index (χ1) is 14.5. The molecule has 0 saturated heterocycles. The van der Waals surface area contributed by atoms with Crippen LogP contribution in [0, 0.1) is 20.8 Å². The predicted molar refractivity (Wildman–Crippen MR) is 117 cm³/mol. The Balaban J connectivity index is 1.45. The van der Waals surface area contributed by atoms with E-state index in [-0.39, 0.29) is 5.91 Å². The quantitative estimate of drug-likeness (QED) is 0.646. The highest BCUT2D eigenvalue weighted by atomic mass is 16.6. The third kappa shape index (κ3) is 4.38. The van der Waals surface area contributed by atoms with Gasteiger partial charge < -0.3 is 14.8 Å². The van der Waals surface area contributed by atoms with E-state index in [1.807, 2.05) is 24.6 Å². The molecule has 0 fully saturated rings. The van der Waals surface area contributed by atoms with E-state index in [0.717, 1.165) is 17.0 Å². The van der Waals surface area contributed by atoms with E-state index < -0.39 is 0 Å². The number of aromatic nitrogens is 2. The first kappa shape index (κ1) is 19.8. The molecule has 0 bridgehead atoms. The number of hydrogen-bond donors (Lipinski definition) is 1. The van der Waals surface area contributed by atoms with Gasteiger partial charge in [-0.05, 0) is 44.5 Å². The summed E-state index contributed by atoms with van der Waals surface area (Å²) in [6, 6.07) is 13.8. The smallest absolute Gasteiger partial charge is 0.248 e. The van der Waals surface area contributed by atoms with Crippen LogP contribution < -0.4 is 14.8 Å². The van der Waals surface area contributed by atoms with Crippen LogP contribution in [0.2, 0.25) is 0 Å². The zero-order valence-corrected chi connectivity index (χ0v) is 17.4. The Hall–Kier alpha value is -3.54. The molecule has 154 valence electrons. The molecule has 30 heavy (non-hydrogen) atoms. The van der Waals surface area contributed by atoms with Gasteiger partial charge >= 0.3 is 0 Å². The van der Waals surface area contributed by atoms with Crippen molar-refractivity contribution in [1.82, 2.24) is 9.78 Å². The molecule has 1 aliphatic heterocycles.